The lowest BCUT2D eigenvalue weighted by Gasteiger charge is -2.32. The molecule has 0 radical (unpaired) electrons. The normalized spacial score (nSPS) is 13.3. The average Bonchev–Trinajstić information content (AvgIpc) is 2.39. The quantitative estimate of drug-likeness (QED) is 0.735. The van der Waals surface area contributed by atoms with Crippen LogP contribution in [0.5, 0.6) is 5.75 Å². The molecule has 4 heteroatoms. The summed E-state index contributed by atoms with van der Waals surface area (Å²) in [6.45, 7) is 7.65. The van der Waals surface area contributed by atoms with E-state index in [9.17, 15) is 0 Å². The smallest absolute Gasteiger partial charge is 0.124 e. The Morgan fingerprint density at radius 1 is 1.21 bits per heavy atom. The molecular weight excluding hydrogens is 242 g/mol. The van der Waals surface area contributed by atoms with E-state index in [2.05, 4.69) is 0 Å². The highest BCUT2D eigenvalue weighted by Crippen LogP contribution is 2.32. The molecule has 0 aromatic heterocycles. The first kappa shape index (κ1) is 16.0. The van der Waals surface area contributed by atoms with Crippen LogP contribution in [0.1, 0.15) is 32.4 Å². The Labute approximate surface area is 115 Å². The number of hydrogen-bond donors (Lipinski definition) is 1. The monoisotopic (exact) mass is 267 g/mol. The van der Waals surface area contributed by atoms with E-state index in [-0.39, 0.29) is 6.04 Å². The molecule has 1 unspecified atom stereocenters. The predicted octanol–water partition coefficient (Wildman–Crippen LogP) is 2.53. The topological polar surface area (TPSA) is 53.7 Å². The second kappa shape index (κ2) is 7.48. The number of nitrogens with two attached hydrogens (primary N) is 1. The molecule has 0 aliphatic heterocycles. The van der Waals surface area contributed by atoms with Gasteiger partial charge in [0, 0.05) is 19.3 Å². The van der Waals surface area contributed by atoms with Crippen LogP contribution in [0.15, 0.2) is 24.3 Å². The molecule has 19 heavy (non-hydrogen) atoms. The molecule has 0 aliphatic rings. The maximum atomic E-state index is 6.33. The van der Waals surface area contributed by atoms with Gasteiger partial charge in [-0.3, -0.25) is 0 Å². The van der Waals surface area contributed by atoms with Gasteiger partial charge in [-0.15, -0.1) is 0 Å². The number of para-hydroxylation sites is 1. The maximum Gasteiger partial charge on any atom is 0.124 e. The van der Waals surface area contributed by atoms with Crippen molar-refractivity contribution in [3.63, 3.8) is 0 Å². The Morgan fingerprint density at radius 3 is 2.53 bits per heavy atom. The molecule has 0 spiro atoms. The molecule has 0 amide bonds. The summed E-state index contributed by atoms with van der Waals surface area (Å²) in [5.74, 6) is 0.792. The molecule has 2 N–H and O–H groups in total. The van der Waals surface area contributed by atoms with Gasteiger partial charge >= 0.3 is 0 Å². The lowest BCUT2D eigenvalue weighted by molar-refractivity contribution is -0.0303. The molecule has 0 bridgehead atoms. The molecular formula is C15H25NO3. The average molecular weight is 267 g/mol. The molecule has 1 atom stereocenters. The third-order valence-electron chi connectivity index (χ3n) is 3.06. The second-order valence-electron chi connectivity index (χ2n) is 4.89. The minimum Gasteiger partial charge on any atom is -0.491 e. The summed E-state index contributed by atoms with van der Waals surface area (Å²) in [6.07, 6.45) is 0. The summed E-state index contributed by atoms with van der Waals surface area (Å²) < 4.78 is 16.4. The zero-order valence-electron chi connectivity index (χ0n) is 12.3. The van der Waals surface area contributed by atoms with Crippen LogP contribution >= 0.6 is 0 Å². The molecule has 1 rings (SSSR count). The Balaban J connectivity index is 2.86. The number of ether oxygens (including phenoxy) is 3. The number of benzene rings is 1. The van der Waals surface area contributed by atoms with Gasteiger partial charge in [0.25, 0.3) is 0 Å². The van der Waals surface area contributed by atoms with Gasteiger partial charge in [-0.1, -0.05) is 18.2 Å². The van der Waals surface area contributed by atoms with Gasteiger partial charge in [0.05, 0.1) is 18.2 Å². The van der Waals surface area contributed by atoms with E-state index < -0.39 is 5.60 Å². The first-order valence-corrected chi connectivity index (χ1v) is 6.63. The van der Waals surface area contributed by atoms with Crippen LogP contribution < -0.4 is 10.5 Å². The fourth-order valence-electron chi connectivity index (χ4n) is 1.94. The fourth-order valence-corrected chi connectivity index (χ4v) is 1.94. The molecule has 0 saturated carbocycles. The molecule has 0 fully saturated rings. The highest BCUT2D eigenvalue weighted by Gasteiger charge is 2.30. The fraction of sp³-hybridized carbons (Fsp3) is 0.600. The van der Waals surface area contributed by atoms with Crippen molar-refractivity contribution in [2.24, 2.45) is 5.73 Å². The van der Waals surface area contributed by atoms with E-state index in [0.29, 0.717) is 19.8 Å². The molecule has 108 valence electrons. The first-order chi connectivity index (χ1) is 9.03. The summed E-state index contributed by atoms with van der Waals surface area (Å²) in [7, 11) is 1.65. The van der Waals surface area contributed by atoms with Gasteiger partial charge in [0.15, 0.2) is 0 Å². The van der Waals surface area contributed by atoms with Crippen molar-refractivity contribution in [2.75, 3.05) is 26.9 Å². The number of methoxy groups -OCH3 is 1. The highest BCUT2D eigenvalue weighted by molar-refractivity contribution is 5.37. The van der Waals surface area contributed by atoms with Crippen LogP contribution in [0.3, 0.4) is 0 Å². The van der Waals surface area contributed by atoms with E-state index in [0.717, 1.165) is 11.3 Å². The molecule has 0 aliphatic carbocycles. The van der Waals surface area contributed by atoms with E-state index in [1.165, 1.54) is 0 Å². The summed E-state index contributed by atoms with van der Waals surface area (Å²) in [5.41, 5.74) is 6.85. The van der Waals surface area contributed by atoms with Gasteiger partial charge in [-0.25, -0.2) is 0 Å². The van der Waals surface area contributed by atoms with Crippen molar-refractivity contribution < 1.29 is 14.2 Å². The number of rotatable bonds is 8. The first-order valence-electron chi connectivity index (χ1n) is 6.63. The predicted molar refractivity (Wildman–Crippen MR) is 76.4 cm³/mol. The minimum atomic E-state index is -0.435. The van der Waals surface area contributed by atoms with Gasteiger partial charge in [0.1, 0.15) is 12.4 Å². The molecule has 4 nitrogen and oxygen atoms in total. The Morgan fingerprint density at radius 2 is 1.89 bits per heavy atom. The zero-order chi connectivity index (χ0) is 14.3. The van der Waals surface area contributed by atoms with Gasteiger partial charge in [0.2, 0.25) is 0 Å². The van der Waals surface area contributed by atoms with Gasteiger partial charge in [-0.2, -0.15) is 0 Å². The van der Waals surface area contributed by atoms with Gasteiger partial charge in [-0.05, 0) is 26.8 Å². The number of hydrogen-bond acceptors (Lipinski definition) is 4. The summed E-state index contributed by atoms with van der Waals surface area (Å²) >= 11 is 0. The van der Waals surface area contributed by atoms with E-state index >= 15 is 0 Å². The molecule has 0 heterocycles. The second-order valence-corrected chi connectivity index (χ2v) is 4.89. The maximum absolute atomic E-state index is 6.33. The van der Waals surface area contributed by atoms with Crippen LogP contribution in [-0.2, 0) is 9.47 Å². The highest BCUT2D eigenvalue weighted by atomic mass is 16.5. The van der Waals surface area contributed by atoms with Crippen molar-refractivity contribution in [2.45, 2.75) is 32.4 Å². The molecule has 1 aromatic rings. The Hall–Kier alpha value is -1.10. The lowest BCUT2D eigenvalue weighted by atomic mass is 9.92. The minimum absolute atomic E-state index is 0.244. The molecule has 1 aromatic carbocycles. The Bertz CT molecular complexity index is 379. The zero-order valence-corrected chi connectivity index (χ0v) is 12.3. The largest absolute Gasteiger partial charge is 0.491 e. The third kappa shape index (κ3) is 4.49. The van der Waals surface area contributed by atoms with Crippen molar-refractivity contribution in [1.82, 2.24) is 0 Å². The van der Waals surface area contributed by atoms with E-state index in [1.54, 1.807) is 7.11 Å². The lowest BCUT2D eigenvalue weighted by Crippen LogP contribution is -2.38. The Kier molecular flexibility index (Phi) is 6.28. The molecule has 0 saturated heterocycles. The third-order valence-corrected chi connectivity index (χ3v) is 3.06. The van der Waals surface area contributed by atoms with Crippen LogP contribution in [0, 0.1) is 0 Å². The van der Waals surface area contributed by atoms with Crippen LogP contribution in [-0.4, -0.2) is 32.5 Å². The van der Waals surface area contributed by atoms with Gasteiger partial charge < -0.3 is 19.9 Å². The SMILES string of the molecule is CCOC(C)(C)C(N)c1ccccc1OCCOC. The van der Waals surface area contributed by atoms with E-state index in [1.807, 2.05) is 45.0 Å². The summed E-state index contributed by atoms with van der Waals surface area (Å²) in [4.78, 5) is 0. The van der Waals surface area contributed by atoms with E-state index in [4.69, 9.17) is 19.9 Å². The van der Waals surface area contributed by atoms with Crippen molar-refractivity contribution in [3.05, 3.63) is 29.8 Å². The van der Waals surface area contributed by atoms with Crippen LogP contribution in [0.25, 0.3) is 0 Å². The van der Waals surface area contributed by atoms with Crippen molar-refractivity contribution >= 4 is 0 Å². The van der Waals surface area contributed by atoms with Crippen molar-refractivity contribution in [1.29, 1.82) is 0 Å². The van der Waals surface area contributed by atoms with Crippen LogP contribution in [0.2, 0.25) is 0 Å². The summed E-state index contributed by atoms with van der Waals surface area (Å²) in [5, 5.41) is 0. The standard InChI is InChI=1S/C15H25NO3/c1-5-19-15(2,3)14(16)12-8-6-7-9-13(12)18-11-10-17-4/h6-9,14H,5,10-11,16H2,1-4H3. The summed E-state index contributed by atoms with van der Waals surface area (Å²) in [6, 6.07) is 7.55. The van der Waals surface area contributed by atoms with Crippen molar-refractivity contribution in [3.8, 4) is 5.75 Å². The van der Waals surface area contributed by atoms with Crippen LogP contribution in [0.4, 0.5) is 0 Å².